The molecule has 0 aromatic heterocycles. The van der Waals surface area contributed by atoms with Crippen LogP contribution in [0.15, 0.2) is 49.1 Å². The van der Waals surface area contributed by atoms with Crippen molar-refractivity contribution in [3.05, 3.63) is 54.6 Å². The molecule has 2 unspecified atom stereocenters. The highest BCUT2D eigenvalue weighted by Crippen LogP contribution is 2.33. The predicted molar refractivity (Wildman–Crippen MR) is 148 cm³/mol. The van der Waals surface area contributed by atoms with Gasteiger partial charge in [0.25, 0.3) is 5.91 Å². The first kappa shape index (κ1) is 29.8. The Labute approximate surface area is 217 Å². The van der Waals surface area contributed by atoms with Crippen LogP contribution in [0.1, 0.15) is 65.2 Å². The van der Waals surface area contributed by atoms with E-state index in [1.54, 1.807) is 25.4 Å². The summed E-state index contributed by atoms with van der Waals surface area (Å²) in [7, 11) is -4.04. The Bertz CT molecular complexity index is 1130. The first-order valence-corrected chi connectivity index (χ1v) is 14.3. The van der Waals surface area contributed by atoms with Crippen molar-refractivity contribution in [1.82, 2.24) is 9.79 Å². The number of nitrogens with one attached hydrogen (secondary N) is 2. The standard InChI is InChI=1S/C28H43N3O4S/c1-8-26(36(34,35)31(16-14-20(4)5)27(21(6)7)28(32)30-33)23-10-9-22-11-12-25(18-24(22)17-23)29-15-13-19(2)3/h8-12,17-21,26-27,29,33H,1,13-16H2,2-7H3,(H,30,32). The van der Waals surface area contributed by atoms with E-state index in [1.807, 2.05) is 44.2 Å². The molecule has 0 saturated carbocycles. The van der Waals surface area contributed by atoms with Crippen LogP contribution in [-0.2, 0) is 14.8 Å². The van der Waals surface area contributed by atoms with Crippen molar-refractivity contribution < 1.29 is 18.4 Å². The van der Waals surface area contributed by atoms with E-state index < -0.39 is 27.2 Å². The van der Waals surface area contributed by atoms with Gasteiger partial charge in [-0.3, -0.25) is 10.0 Å². The van der Waals surface area contributed by atoms with Gasteiger partial charge in [-0.05, 0) is 65.1 Å². The summed E-state index contributed by atoms with van der Waals surface area (Å²) in [4.78, 5) is 12.6. The molecule has 2 rings (SSSR count). The summed E-state index contributed by atoms with van der Waals surface area (Å²) in [5.41, 5.74) is 3.22. The van der Waals surface area contributed by atoms with Crippen molar-refractivity contribution in [1.29, 1.82) is 0 Å². The van der Waals surface area contributed by atoms with Crippen molar-refractivity contribution in [2.45, 2.75) is 65.7 Å². The molecule has 1 amide bonds. The van der Waals surface area contributed by atoms with Crippen LogP contribution in [-0.4, -0.2) is 43.0 Å². The lowest BCUT2D eigenvalue weighted by molar-refractivity contribution is -0.134. The number of nitrogens with zero attached hydrogens (tertiary/aromatic N) is 1. The minimum absolute atomic E-state index is 0.165. The Hall–Kier alpha value is -2.42. The van der Waals surface area contributed by atoms with Gasteiger partial charge in [-0.15, -0.1) is 6.58 Å². The van der Waals surface area contributed by atoms with Crippen LogP contribution in [0.3, 0.4) is 0 Å². The van der Waals surface area contributed by atoms with Gasteiger partial charge in [0.1, 0.15) is 11.3 Å². The maximum atomic E-state index is 14.0. The van der Waals surface area contributed by atoms with Gasteiger partial charge in [-0.25, -0.2) is 13.9 Å². The highest BCUT2D eigenvalue weighted by molar-refractivity contribution is 7.89. The van der Waals surface area contributed by atoms with Crippen LogP contribution in [0.5, 0.6) is 0 Å². The zero-order chi connectivity index (χ0) is 27.0. The number of carbonyl (C=O) groups excluding carboxylic acids is 1. The average molecular weight is 518 g/mol. The maximum Gasteiger partial charge on any atom is 0.262 e. The molecule has 200 valence electrons. The Morgan fingerprint density at radius 3 is 2.19 bits per heavy atom. The number of amides is 1. The number of rotatable bonds is 14. The fourth-order valence-corrected chi connectivity index (χ4v) is 6.32. The normalized spacial score (nSPS) is 14.0. The van der Waals surface area contributed by atoms with Gasteiger partial charge in [0, 0.05) is 18.8 Å². The number of carbonyl (C=O) groups is 1. The molecule has 0 fully saturated rings. The minimum Gasteiger partial charge on any atom is -0.385 e. The van der Waals surface area contributed by atoms with E-state index >= 15 is 0 Å². The van der Waals surface area contributed by atoms with Crippen LogP contribution in [0.2, 0.25) is 0 Å². The molecule has 3 N–H and O–H groups in total. The third-order valence-electron chi connectivity index (χ3n) is 6.35. The average Bonchev–Trinajstić information content (AvgIpc) is 2.80. The number of benzene rings is 2. The third kappa shape index (κ3) is 7.54. The summed E-state index contributed by atoms with van der Waals surface area (Å²) < 4.78 is 29.3. The maximum absolute atomic E-state index is 14.0. The zero-order valence-corrected chi connectivity index (χ0v) is 23.3. The summed E-state index contributed by atoms with van der Waals surface area (Å²) in [5, 5.41) is 13.7. The van der Waals surface area contributed by atoms with Gasteiger partial charge in [0.2, 0.25) is 10.0 Å². The van der Waals surface area contributed by atoms with Crippen molar-refractivity contribution in [2.75, 3.05) is 18.4 Å². The molecule has 2 aromatic carbocycles. The molecule has 2 aromatic rings. The molecule has 36 heavy (non-hydrogen) atoms. The van der Waals surface area contributed by atoms with E-state index in [0.29, 0.717) is 17.9 Å². The summed E-state index contributed by atoms with van der Waals surface area (Å²) in [6.45, 7) is 16.8. The van der Waals surface area contributed by atoms with Gasteiger partial charge >= 0.3 is 0 Å². The number of hydrogen-bond donors (Lipinski definition) is 3. The van der Waals surface area contributed by atoms with Gasteiger partial charge in [0.15, 0.2) is 0 Å². The van der Waals surface area contributed by atoms with Crippen LogP contribution >= 0.6 is 0 Å². The number of hydroxylamine groups is 1. The predicted octanol–water partition coefficient (Wildman–Crippen LogP) is 5.73. The van der Waals surface area contributed by atoms with Crippen LogP contribution < -0.4 is 10.8 Å². The molecule has 0 bridgehead atoms. The lowest BCUT2D eigenvalue weighted by Crippen LogP contribution is -2.53. The molecular formula is C28H43N3O4S. The lowest BCUT2D eigenvalue weighted by atomic mass is 10.0. The quantitative estimate of drug-likeness (QED) is 0.169. The highest BCUT2D eigenvalue weighted by Gasteiger charge is 2.40. The second kappa shape index (κ2) is 13.2. The smallest absolute Gasteiger partial charge is 0.262 e. The van der Waals surface area contributed by atoms with E-state index in [1.165, 1.54) is 10.4 Å². The molecule has 0 aliphatic carbocycles. The van der Waals surface area contributed by atoms with Crippen LogP contribution in [0.4, 0.5) is 5.69 Å². The molecular weight excluding hydrogens is 474 g/mol. The van der Waals surface area contributed by atoms with Gasteiger partial charge < -0.3 is 5.32 Å². The van der Waals surface area contributed by atoms with Crippen molar-refractivity contribution in [2.24, 2.45) is 17.8 Å². The van der Waals surface area contributed by atoms with E-state index in [0.717, 1.165) is 29.4 Å². The van der Waals surface area contributed by atoms with E-state index in [2.05, 4.69) is 25.7 Å². The topological polar surface area (TPSA) is 98.7 Å². The molecule has 0 heterocycles. The molecule has 7 nitrogen and oxygen atoms in total. The van der Waals surface area contributed by atoms with Gasteiger partial charge in [-0.2, -0.15) is 4.31 Å². The van der Waals surface area contributed by atoms with Crippen molar-refractivity contribution in [3.63, 3.8) is 0 Å². The van der Waals surface area contributed by atoms with Crippen molar-refractivity contribution in [3.8, 4) is 0 Å². The molecule has 2 atom stereocenters. The Morgan fingerprint density at radius 1 is 1.00 bits per heavy atom. The first-order chi connectivity index (χ1) is 16.9. The second-order valence-corrected chi connectivity index (χ2v) is 12.6. The summed E-state index contributed by atoms with van der Waals surface area (Å²) in [5.74, 6) is -0.252. The van der Waals surface area contributed by atoms with Crippen LogP contribution in [0, 0.1) is 17.8 Å². The molecule has 0 saturated heterocycles. The number of sulfonamides is 1. The Kier molecular flexibility index (Phi) is 10.9. The summed E-state index contributed by atoms with van der Waals surface area (Å²) >= 11 is 0. The number of fused-ring (bicyclic) bond motifs is 1. The first-order valence-electron chi connectivity index (χ1n) is 12.8. The SMILES string of the molecule is C=CC(c1ccc2ccc(NCCC(C)C)cc2c1)S(=O)(=O)N(CCC(C)C)C(C(=O)NO)C(C)C. The van der Waals surface area contributed by atoms with Crippen LogP contribution in [0.25, 0.3) is 10.8 Å². The van der Waals surface area contributed by atoms with E-state index in [4.69, 9.17) is 0 Å². The minimum atomic E-state index is -4.04. The van der Waals surface area contributed by atoms with E-state index in [9.17, 15) is 18.4 Å². The lowest BCUT2D eigenvalue weighted by Gasteiger charge is -2.34. The van der Waals surface area contributed by atoms with E-state index in [-0.39, 0.29) is 18.4 Å². The fraction of sp³-hybridized carbons (Fsp3) is 0.536. The van der Waals surface area contributed by atoms with Crippen molar-refractivity contribution >= 4 is 32.4 Å². The number of anilines is 1. The molecule has 8 heteroatoms. The molecule has 0 aliphatic heterocycles. The summed E-state index contributed by atoms with van der Waals surface area (Å²) in [6.07, 6.45) is 3.05. The monoisotopic (exact) mass is 517 g/mol. The van der Waals surface area contributed by atoms with Gasteiger partial charge in [0.05, 0.1) is 0 Å². The van der Waals surface area contributed by atoms with Gasteiger partial charge in [-0.1, -0.05) is 65.8 Å². The Morgan fingerprint density at radius 2 is 1.64 bits per heavy atom. The number of hydrogen-bond acceptors (Lipinski definition) is 5. The molecule has 0 radical (unpaired) electrons. The Balaban J connectivity index is 2.50. The summed E-state index contributed by atoms with van der Waals surface area (Å²) in [6, 6.07) is 10.6. The molecule has 0 spiro atoms. The molecule has 0 aliphatic rings. The largest absolute Gasteiger partial charge is 0.385 e. The second-order valence-electron chi connectivity index (χ2n) is 10.6. The fourth-order valence-electron chi connectivity index (χ4n) is 4.28. The zero-order valence-electron chi connectivity index (χ0n) is 22.5. The highest BCUT2D eigenvalue weighted by atomic mass is 32.2. The third-order valence-corrected chi connectivity index (χ3v) is 8.52.